The van der Waals surface area contributed by atoms with Gasteiger partial charge in [0.15, 0.2) is 5.82 Å². The lowest BCUT2D eigenvalue weighted by Crippen LogP contribution is -2.12. The van der Waals surface area contributed by atoms with E-state index in [2.05, 4.69) is 16.5 Å². The molecule has 30 heavy (non-hydrogen) atoms. The molecule has 4 rings (SSSR count). The number of nitrogens with zero attached hydrogens (tertiary/aromatic N) is 3. The van der Waals surface area contributed by atoms with Crippen molar-refractivity contribution in [1.82, 2.24) is 9.78 Å². The summed E-state index contributed by atoms with van der Waals surface area (Å²) in [5.74, 6) is 0.595. The number of ether oxygens (including phenoxy) is 1. The molecule has 1 amide bonds. The van der Waals surface area contributed by atoms with Crippen LogP contribution in [0.3, 0.4) is 0 Å². The fourth-order valence-electron chi connectivity index (χ4n) is 2.90. The van der Waals surface area contributed by atoms with Crippen LogP contribution >= 0.6 is 0 Å². The number of carbonyl (C=O) groups excluding carboxylic acids is 1. The van der Waals surface area contributed by atoms with Gasteiger partial charge in [0.2, 0.25) is 5.88 Å². The van der Waals surface area contributed by atoms with E-state index in [0.29, 0.717) is 29.4 Å². The number of nitrogens with one attached hydrogen (secondary N) is 1. The predicted molar refractivity (Wildman–Crippen MR) is 113 cm³/mol. The number of hydrogen-bond donors (Lipinski definition) is 1. The predicted octanol–water partition coefficient (Wildman–Crippen LogP) is 4.58. The van der Waals surface area contributed by atoms with Crippen LogP contribution in [0, 0.1) is 11.3 Å². The third-order valence-corrected chi connectivity index (χ3v) is 4.42. The van der Waals surface area contributed by atoms with E-state index in [0.717, 1.165) is 11.3 Å². The molecule has 0 unspecified atom stereocenters. The number of carbonyl (C=O) groups is 1. The van der Waals surface area contributed by atoms with E-state index in [9.17, 15) is 4.79 Å². The number of rotatable bonds is 6. The van der Waals surface area contributed by atoms with Crippen LogP contribution in [0.2, 0.25) is 0 Å². The molecule has 1 heterocycles. The van der Waals surface area contributed by atoms with Crippen LogP contribution in [-0.2, 0) is 6.61 Å². The Balaban J connectivity index is 1.62. The monoisotopic (exact) mass is 394 g/mol. The zero-order chi connectivity index (χ0) is 20.8. The van der Waals surface area contributed by atoms with Crippen molar-refractivity contribution in [2.45, 2.75) is 6.61 Å². The average Bonchev–Trinajstić information content (AvgIpc) is 3.21. The van der Waals surface area contributed by atoms with Crippen molar-refractivity contribution in [2.24, 2.45) is 0 Å². The average molecular weight is 394 g/mol. The molecule has 0 fully saturated rings. The van der Waals surface area contributed by atoms with E-state index in [4.69, 9.17) is 10.00 Å². The first-order valence-electron chi connectivity index (χ1n) is 9.36. The normalized spacial score (nSPS) is 10.2. The largest absolute Gasteiger partial charge is 0.473 e. The van der Waals surface area contributed by atoms with Crippen LogP contribution < -0.4 is 10.1 Å². The molecule has 146 valence electrons. The van der Waals surface area contributed by atoms with E-state index in [-0.39, 0.29) is 5.91 Å². The van der Waals surface area contributed by atoms with Crippen molar-refractivity contribution in [3.8, 4) is 17.6 Å². The summed E-state index contributed by atoms with van der Waals surface area (Å²) < 4.78 is 7.59. The van der Waals surface area contributed by atoms with Gasteiger partial charge in [-0.05, 0) is 42.0 Å². The van der Waals surface area contributed by atoms with Crippen molar-refractivity contribution in [3.05, 3.63) is 108 Å². The Bertz CT molecular complexity index is 1180. The topological polar surface area (TPSA) is 79.9 Å². The van der Waals surface area contributed by atoms with E-state index >= 15 is 0 Å². The van der Waals surface area contributed by atoms with Gasteiger partial charge in [-0.3, -0.25) is 4.79 Å². The van der Waals surface area contributed by atoms with Crippen molar-refractivity contribution >= 4 is 11.7 Å². The van der Waals surface area contributed by atoms with Gasteiger partial charge in [-0.25, -0.2) is 0 Å². The summed E-state index contributed by atoms with van der Waals surface area (Å²) in [6, 6.07) is 29.5. The van der Waals surface area contributed by atoms with Crippen molar-refractivity contribution in [1.29, 1.82) is 5.26 Å². The maximum atomic E-state index is 12.5. The molecule has 0 aliphatic heterocycles. The Kier molecular flexibility index (Phi) is 5.54. The first kappa shape index (κ1) is 19.0. The van der Waals surface area contributed by atoms with Gasteiger partial charge in [0, 0.05) is 11.6 Å². The fourth-order valence-corrected chi connectivity index (χ4v) is 2.90. The minimum Gasteiger partial charge on any atom is -0.473 e. The minimum absolute atomic E-state index is 0.255. The molecule has 0 saturated carbocycles. The van der Waals surface area contributed by atoms with Gasteiger partial charge in [-0.1, -0.05) is 48.5 Å². The van der Waals surface area contributed by atoms with Crippen LogP contribution in [0.25, 0.3) is 5.69 Å². The van der Waals surface area contributed by atoms with E-state index < -0.39 is 0 Å². The highest BCUT2D eigenvalue weighted by atomic mass is 16.5. The second kappa shape index (κ2) is 8.76. The number of aromatic nitrogens is 2. The van der Waals surface area contributed by atoms with E-state index in [1.807, 2.05) is 36.4 Å². The lowest BCUT2D eigenvalue weighted by atomic mass is 10.2. The molecule has 1 aromatic heterocycles. The van der Waals surface area contributed by atoms with E-state index in [1.54, 1.807) is 59.3 Å². The molecule has 0 aliphatic rings. The highest BCUT2D eigenvalue weighted by Gasteiger charge is 2.14. The lowest BCUT2D eigenvalue weighted by molar-refractivity contribution is 0.102. The number of amides is 1. The Morgan fingerprint density at radius 1 is 0.967 bits per heavy atom. The molecule has 0 atom stereocenters. The van der Waals surface area contributed by atoms with Crippen molar-refractivity contribution in [2.75, 3.05) is 5.32 Å². The second-order valence-corrected chi connectivity index (χ2v) is 6.53. The van der Waals surface area contributed by atoms with Gasteiger partial charge in [-0.15, -0.1) is 5.10 Å². The maximum absolute atomic E-state index is 12.5. The maximum Gasteiger partial charge on any atom is 0.256 e. The molecule has 0 saturated heterocycles. The lowest BCUT2D eigenvalue weighted by Gasteiger charge is -2.09. The van der Waals surface area contributed by atoms with Crippen LogP contribution in [0.15, 0.2) is 91.0 Å². The molecule has 6 nitrogen and oxygen atoms in total. The van der Waals surface area contributed by atoms with E-state index in [1.165, 1.54) is 0 Å². The Hall–Kier alpha value is -4.37. The van der Waals surface area contributed by atoms with Crippen LogP contribution in [-0.4, -0.2) is 15.7 Å². The number of benzene rings is 3. The SMILES string of the molecule is N#Cc1ccc(-n2nc(NC(=O)c3ccccc3)cc2OCc2ccccc2)cc1. The zero-order valence-corrected chi connectivity index (χ0v) is 16.0. The van der Waals surface area contributed by atoms with Crippen LogP contribution in [0.5, 0.6) is 5.88 Å². The Morgan fingerprint density at radius 3 is 2.30 bits per heavy atom. The molecule has 0 spiro atoms. The highest BCUT2D eigenvalue weighted by molar-refractivity contribution is 6.03. The van der Waals surface area contributed by atoms with Crippen molar-refractivity contribution < 1.29 is 9.53 Å². The standard InChI is InChI=1S/C24H18N4O2/c25-16-18-11-13-21(14-12-18)28-23(30-17-19-7-3-1-4-8-19)15-22(27-28)26-24(29)20-9-5-2-6-10-20/h1-15H,17H2,(H,26,27,29). The quantitative estimate of drug-likeness (QED) is 0.519. The fraction of sp³-hybridized carbons (Fsp3) is 0.0417. The molecular weight excluding hydrogens is 376 g/mol. The first-order chi connectivity index (χ1) is 14.7. The molecule has 3 aromatic carbocycles. The molecule has 4 aromatic rings. The number of hydrogen-bond acceptors (Lipinski definition) is 4. The first-order valence-corrected chi connectivity index (χ1v) is 9.36. The summed E-state index contributed by atoms with van der Waals surface area (Å²) in [7, 11) is 0. The highest BCUT2D eigenvalue weighted by Crippen LogP contribution is 2.24. The van der Waals surface area contributed by atoms with Gasteiger partial charge in [0.25, 0.3) is 5.91 Å². The smallest absolute Gasteiger partial charge is 0.256 e. The number of nitriles is 1. The van der Waals surface area contributed by atoms with Crippen molar-refractivity contribution in [3.63, 3.8) is 0 Å². The Labute approximate surface area is 174 Å². The summed E-state index contributed by atoms with van der Waals surface area (Å²) in [5.41, 5.74) is 2.82. The molecular formula is C24H18N4O2. The summed E-state index contributed by atoms with van der Waals surface area (Å²) in [5, 5.41) is 16.3. The van der Waals surface area contributed by atoms with Gasteiger partial charge < -0.3 is 10.1 Å². The zero-order valence-electron chi connectivity index (χ0n) is 16.0. The van der Waals surface area contributed by atoms with Crippen LogP contribution in [0.1, 0.15) is 21.5 Å². The summed E-state index contributed by atoms with van der Waals surface area (Å²) in [6.45, 7) is 0.356. The molecule has 0 aliphatic carbocycles. The van der Waals surface area contributed by atoms with Crippen LogP contribution in [0.4, 0.5) is 5.82 Å². The number of anilines is 1. The Morgan fingerprint density at radius 2 is 1.63 bits per heavy atom. The van der Waals surface area contributed by atoms with Gasteiger partial charge >= 0.3 is 0 Å². The second-order valence-electron chi connectivity index (χ2n) is 6.53. The summed E-state index contributed by atoms with van der Waals surface area (Å²) >= 11 is 0. The van der Waals surface area contributed by atoms with Gasteiger partial charge in [-0.2, -0.15) is 9.94 Å². The molecule has 1 N–H and O–H groups in total. The molecule has 0 radical (unpaired) electrons. The minimum atomic E-state index is -0.255. The summed E-state index contributed by atoms with van der Waals surface area (Å²) in [6.07, 6.45) is 0. The molecule has 6 heteroatoms. The summed E-state index contributed by atoms with van der Waals surface area (Å²) in [4.78, 5) is 12.5. The molecule has 0 bridgehead atoms. The van der Waals surface area contributed by atoms with Gasteiger partial charge in [0.05, 0.1) is 17.3 Å². The third kappa shape index (κ3) is 4.37. The van der Waals surface area contributed by atoms with Gasteiger partial charge in [0.1, 0.15) is 6.61 Å². The third-order valence-electron chi connectivity index (χ3n) is 4.42.